The van der Waals surface area contributed by atoms with Crippen LogP contribution in [-0.2, 0) is 0 Å². The molecule has 0 aliphatic heterocycles. The largest absolute Gasteiger partial charge is 0.102 e. The number of hydrogen-bond acceptors (Lipinski definition) is 0. The van der Waals surface area contributed by atoms with Crippen LogP contribution in [0.25, 0.3) is 0 Å². The predicted octanol–water partition coefficient (Wildman–Crippen LogP) is 3.00. The lowest BCUT2D eigenvalue weighted by molar-refractivity contribution is 1.16. The Kier molecular flexibility index (Phi) is 1.63. The third kappa shape index (κ3) is 1.10. The van der Waals surface area contributed by atoms with E-state index in [-0.39, 0.29) is 0 Å². The molecule has 1 heteroatoms. The molecule has 1 aliphatic rings. The molecule has 0 heterocycles. The molecule has 0 saturated heterocycles. The smallest absolute Gasteiger partial charge is 0.0736 e. The molecule has 1 atom stereocenters. The van der Waals surface area contributed by atoms with Gasteiger partial charge in [-0.15, -0.1) is 6.58 Å². The lowest BCUT2D eigenvalue weighted by atomic mass is 10.3. The van der Waals surface area contributed by atoms with Gasteiger partial charge >= 0.3 is 0 Å². The fraction of sp³-hybridized carbons (Fsp3) is 0.556. The SMILES string of the molecule is C=CC1C(C)=C1[Si](C)(C)C. The van der Waals surface area contributed by atoms with Crippen LogP contribution in [0, 0.1) is 5.92 Å². The van der Waals surface area contributed by atoms with Gasteiger partial charge in [-0.3, -0.25) is 0 Å². The molecule has 0 nitrogen and oxygen atoms in total. The highest BCUT2D eigenvalue weighted by Gasteiger charge is 2.38. The molecule has 0 amide bonds. The molecular weight excluding hydrogens is 136 g/mol. The number of allylic oxidation sites excluding steroid dienone is 3. The first-order valence-electron chi connectivity index (χ1n) is 3.82. The van der Waals surface area contributed by atoms with Gasteiger partial charge in [-0.25, -0.2) is 0 Å². The van der Waals surface area contributed by atoms with E-state index in [9.17, 15) is 0 Å². The molecule has 0 aromatic heterocycles. The zero-order chi connectivity index (χ0) is 7.94. The van der Waals surface area contributed by atoms with Crippen molar-refractivity contribution in [3.63, 3.8) is 0 Å². The minimum Gasteiger partial charge on any atom is -0.102 e. The standard InChI is InChI=1S/C9H16Si/c1-6-8-7(2)9(8)10(3,4)5/h6,8H,1H2,2-5H3. The van der Waals surface area contributed by atoms with Crippen molar-refractivity contribution in [3.8, 4) is 0 Å². The molecule has 1 unspecified atom stereocenters. The van der Waals surface area contributed by atoms with E-state index < -0.39 is 8.07 Å². The van der Waals surface area contributed by atoms with E-state index in [1.54, 1.807) is 10.8 Å². The van der Waals surface area contributed by atoms with Gasteiger partial charge in [0.25, 0.3) is 0 Å². The van der Waals surface area contributed by atoms with Crippen molar-refractivity contribution in [3.05, 3.63) is 23.4 Å². The molecule has 0 spiro atoms. The molecule has 10 heavy (non-hydrogen) atoms. The molecule has 1 rings (SSSR count). The highest BCUT2D eigenvalue weighted by molar-refractivity contribution is 6.84. The summed E-state index contributed by atoms with van der Waals surface area (Å²) in [5.41, 5.74) is 1.59. The average Bonchev–Trinajstić information content (AvgIpc) is 2.39. The van der Waals surface area contributed by atoms with Crippen LogP contribution in [0.1, 0.15) is 6.92 Å². The van der Waals surface area contributed by atoms with E-state index in [2.05, 4.69) is 39.2 Å². The average molecular weight is 152 g/mol. The van der Waals surface area contributed by atoms with Gasteiger partial charge in [0.15, 0.2) is 0 Å². The van der Waals surface area contributed by atoms with Crippen molar-refractivity contribution in [1.82, 2.24) is 0 Å². The quantitative estimate of drug-likeness (QED) is 0.421. The normalized spacial score (nSPS) is 25.0. The Hall–Kier alpha value is -0.303. The van der Waals surface area contributed by atoms with E-state index >= 15 is 0 Å². The summed E-state index contributed by atoms with van der Waals surface area (Å²) in [6.45, 7) is 13.2. The fourth-order valence-electron chi connectivity index (χ4n) is 1.71. The summed E-state index contributed by atoms with van der Waals surface area (Å²) < 4.78 is 0. The van der Waals surface area contributed by atoms with Crippen LogP contribution in [0.15, 0.2) is 23.4 Å². The molecule has 0 fully saturated rings. The predicted molar refractivity (Wildman–Crippen MR) is 49.7 cm³/mol. The van der Waals surface area contributed by atoms with Crippen molar-refractivity contribution in [2.75, 3.05) is 0 Å². The molecule has 0 aromatic carbocycles. The van der Waals surface area contributed by atoms with Gasteiger partial charge in [0, 0.05) is 5.92 Å². The van der Waals surface area contributed by atoms with Crippen LogP contribution in [0.4, 0.5) is 0 Å². The Morgan fingerprint density at radius 2 is 1.90 bits per heavy atom. The van der Waals surface area contributed by atoms with Crippen molar-refractivity contribution in [2.45, 2.75) is 26.6 Å². The minimum atomic E-state index is -0.962. The first kappa shape index (κ1) is 7.80. The van der Waals surface area contributed by atoms with Gasteiger partial charge in [-0.2, -0.15) is 0 Å². The second-order valence-electron chi connectivity index (χ2n) is 4.06. The lowest BCUT2D eigenvalue weighted by Gasteiger charge is -2.11. The molecule has 0 saturated carbocycles. The highest BCUT2D eigenvalue weighted by atomic mass is 28.3. The van der Waals surface area contributed by atoms with Gasteiger partial charge in [0.05, 0.1) is 8.07 Å². The van der Waals surface area contributed by atoms with E-state index in [0.29, 0.717) is 5.92 Å². The Balaban J connectivity index is 2.71. The summed E-state index contributed by atoms with van der Waals surface area (Å²) in [6.07, 6.45) is 2.07. The third-order valence-corrected chi connectivity index (χ3v) is 4.48. The third-order valence-electron chi connectivity index (χ3n) is 2.16. The number of rotatable bonds is 2. The van der Waals surface area contributed by atoms with Gasteiger partial charge in [0.2, 0.25) is 0 Å². The molecule has 0 N–H and O–H groups in total. The first-order valence-corrected chi connectivity index (χ1v) is 7.32. The van der Waals surface area contributed by atoms with Crippen LogP contribution in [0.2, 0.25) is 19.6 Å². The Bertz CT molecular complexity index is 193. The summed E-state index contributed by atoms with van der Waals surface area (Å²) >= 11 is 0. The first-order chi connectivity index (χ1) is 4.48. The molecule has 1 aliphatic carbocycles. The maximum Gasteiger partial charge on any atom is 0.0736 e. The van der Waals surface area contributed by atoms with E-state index in [4.69, 9.17) is 0 Å². The van der Waals surface area contributed by atoms with Crippen LogP contribution in [0.3, 0.4) is 0 Å². The van der Waals surface area contributed by atoms with Crippen molar-refractivity contribution >= 4 is 8.07 Å². The summed E-state index contributed by atoms with van der Waals surface area (Å²) in [7, 11) is -0.962. The lowest BCUT2D eigenvalue weighted by Crippen LogP contribution is -2.19. The highest BCUT2D eigenvalue weighted by Crippen LogP contribution is 2.45. The number of hydrogen-bond donors (Lipinski definition) is 0. The Morgan fingerprint density at radius 3 is 2.00 bits per heavy atom. The Morgan fingerprint density at radius 1 is 1.40 bits per heavy atom. The minimum absolute atomic E-state index is 0.687. The van der Waals surface area contributed by atoms with Gasteiger partial charge in [-0.1, -0.05) is 36.5 Å². The van der Waals surface area contributed by atoms with Crippen LogP contribution >= 0.6 is 0 Å². The zero-order valence-electron chi connectivity index (χ0n) is 7.36. The van der Waals surface area contributed by atoms with Gasteiger partial charge in [-0.05, 0) is 6.92 Å². The second-order valence-corrected chi connectivity index (χ2v) is 9.10. The zero-order valence-corrected chi connectivity index (χ0v) is 8.36. The fourth-order valence-corrected chi connectivity index (χ4v) is 4.24. The van der Waals surface area contributed by atoms with Gasteiger partial charge in [0.1, 0.15) is 0 Å². The summed E-state index contributed by atoms with van der Waals surface area (Å²) in [4.78, 5) is 0. The van der Waals surface area contributed by atoms with E-state index in [0.717, 1.165) is 0 Å². The summed E-state index contributed by atoms with van der Waals surface area (Å²) in [5, 5.41) is 1.72. The summed E-state index contributed by atoms with van der Waals surface area (Å²) in [5.74, 6) is 0.687. The topological polar surface area (TPSA) is 0 Å². The molecule has 56 valence electrons. The summed E-state index contributed by atoms with van der Waals surface area (Å²) in [6, 6.07) is 0. The Labute approximate surface area is 64.7 Å². The van der Waals surface area contributed by atoms with Crippen molar-refractivity contribution in [2.24, 2.45) is 5.92 Å². The maximum atomic E-state index is 3.82. The van der Waals surface area contributed by atoms with Crippen LogP contribution in [-0.4, -0.2) is 8.07 Å². The van der Waals surface area contributed by atoms with E-state index in [1.165, 1.54) is 0 Å². The second kappa shape index (κ2) is 2.09. The molecular formula is C9H16Si. The van der Waals surface area contributed by atoms with Crippen molar-refractivity contribution in [1.29, 1.82) is 0 Å². The van der Waals surface area contributed by atoms with Crippen molar-refractivity contribution < 1.29 is 0 Å². The molecule has 0 aromatic rings. The molecule has 0 radical (unpaired) electrons. The maximum absolute atomic E-state index is 3.82. The monoisotopic (exact) mass is 152 g/mol. The van der Waals surface area contributed by atoms with Crippen LogP contribution in [0.5, 0.6) is 0 Å². The van der Waals surface area contributed by atoms with Gasteiger partial charge < -0.3 is 0 Å². The molecule has 0 bridgehead atoms. The van der Waals surface area contributed by atoms with Crippen LogP contribution < -0.4 is 0 Å². The van der Waals surface area contributed by atoms with E-state index in [1.807, 2.05) is 0 Å².